The molecule has 2 heterocycles. The van der Waals surface area contributed by atoms with Crippen LogP contribution in [-0.2, 0) is 14.6 Å². The van der Waals surface area contributed by atoms with Crippen LogP contribution in [0.3, 0.4) is 0 Å². The van der Waals surface area contributed by atoms with Gasteiger partial charge >= 0.3 is 0 Å². The Labute approximate surface area is 154 Å². The number of piperidine rings is 1. The molecule has 0 radical (unpaired) electrons. The van der Waals surface area contributed by atoms with E-state index in [-0.39, 0.29) is 23.6 Å². The van der Waals surface area contributed by atoms with Crippen molar-refractivity contribution in [2.45, 2.75) is 37.1 Å². The predicted molar refractivity (Wildman–Crippen MR) is 103 cm³/mol. The molecular formula is C18H26N2O3S2. The molecule has 2 aliphatic heterocycles. The van der Waals surface area contributed by atoms with Gasteiger partial charge in [-0.15, -0.1) is 11.8 Å². The number of nitrogens with zero attached hydrogens (tertiary/aromatic N) is 1. The quantitative estimate of drug-likeness (QED) is 0.793. The second-order valence-electron chi connectivity index (χ2n) is 6.79. The second-order valence-corrected chi connectivity index (χ2v) is 10.3. The van der Waals surface area contributed by atoms with Crippen LogP contribution >= 0.6 is 11.8 Å². The first-order valence-electron chi connectivity index (χ1n) is 8.95. The zero-order valence-corrected chi connectivity index (χ0v) is 16.2. The van der Waals surface area contributed by atoms with Crippen LogP contribution in [0.2, 0.25) is 0 Å². The van der Waals surface area contributed by atoms with Gasteiger partial charge in [0.25, 0.3) is 0 Å². The Morgan fingerprint density at radius 2 is 1.96 bits per heavy atom. The molecule has 5 nitrogen and oxygen atoms in total. The molecule has 1 unspecified atom stereocenters. The molecule has 0 spiro atoms. The summed E-state index contributed by atoms with van der Waals surface area (Å²) in [6.07, 6.45) is 2.33. The minimum absolute atomic E-state index is 0.00828. The van der Waals surface area contributed by atoms with E-state index < -0.39 is 9.84 Å². The Morgan fingerprint density at radius 3 is 2.60 bits per heavy atom. The highest BCUT2D eigenvalue weighted by Gasteiger charge is 2.35. The zero-order chi connectivity index (χ0) is 17.9. The van der Waals surface area contributed by atoms with Crippen molar-refractivity contribution in [2.24, 2.45) is 5.92 Å². The van der Waals surface area contributed by atoms with Gasteiger partial charge in [0, 0.05) is 16.9 Å². The molecule has 2 aliphatic rings. The Hall–Kier alpha value is -1.05. The lowest BCUT2D eigenvalue weighted by Crippen LogP contribution is -2.44. The van der Waals surface area contributed by atoms with Crippen molar-refractivity contribution in [3.05, 3.63) is 24.3 Å². The van der Waals surface area contributed by atoms with Crippen LogP contribution in [-0.4, -0.2) is 55.6 Å². The van der Waals surface area contributed by atoms with E-state index in [4.69, 9.17) is 0 Å². The summed E-state index contributed by atoms with van der Waals surface area (Å²) in [7, 11) is -2.85. The Bertz CT molecular complexity index is 713. The molecule has 7 heteroatoms. The summed E-state index contributed by atoms with van der Waals surface area (Å²) in [5.41, 5.74) is 0.892. The molecule has 3 rings (SSSR count). The summed E-state index contributed by atoms with van der Waals surface area (Å²) in [6.45, 7) is 3.72. The van der Waals surface area contributed by atoms with Gasteiger partial charge in [0.15, 0.2) is 9.84 Å². The molecule has 0 saturated carbocycles. The van der Waals surface area contributed by atoms with Gasteiger partial charge in [0.1, 0.15) is 0 Å². The average molecular weight is 383 g/mol. The van der Waals surface area contributed by atoms with Crippen LogP contribution in [0.1, 0.15) is 26.2 Å². The number of thioether (sulfide) groups is 1. The molecule has 1 amide bonds. The van der Waals surface area contributed by atoms with Gasteiger partial charge in [0.05, 0.1) is 17.2 Å². The monoisotopic (exact) mass is 382 g/mol. The van der Waals surface area contributed by atoms with E-state index in [1.54, 1.807) is 11.8 Å². The number of anilines is 1. The smallest absolute Gasteiger partial charge is 0.227 e. The molecule has 0 aliphatic carbocycles. The maximum atomic E-state index is 12.6. The number of amides is 1. The van der Waals surface area contributed by atoms with Crippen molar-refractivity contribution in [3.8, 4) is 0 Å². The minimum Gasteiger partial charge on any atom is -0.325 e. The lowest BCUT2D eigenvalue weighted by atomic mass is 9.94. The van der Waals surface area contributed by atoms with E-state index >= 15 is 0 Å². The van der Waals surface area contributed by atoms with Crippen molar-refractivity contribution in [1.82, 2.24) is 4.90 Å². The van der Waals surface area contributed by atoms with Gasteiger partial charge in [-0.3, -0.25) is 9.69 Å². The third-order valence-corrected chi connectivity index (χ3v) is 7.78. The lowest BCUT2D eigenvalue weighted by molar-refractivity contribution is -0.121. The SMILES string of the molecule is CCSc1ccccc1NC(=O)C1CCN(C2CCS(=O)(=O)C2)CC1. The topological polar surface area (TPSA) is 66.5 Å². The third-order valence-electron chi connectivity index (χ3n) is 5.07. The molecule has 0 aromatic heterocycles. The highest BCUT2D eigenvalue weighted by molar-refractivity contribution is 7.99. The first kappa shape index (κ1) is 18.7. The first-order valence-corrected chi connectivity index (χ1v) is 11.8. The summed E-state index contributed by atoms with van der Waals surface area (Å²) >= 11 is 1.73. The maximum absolute atomic E-state index is 12.6. The van der Waals surface area contributed by atoms with Crippen molar-refractivity contribution < 1.29 is 13.2 Å². The number of hydrogen-bond donors (Lipinski definition) is 1. The van der Waals surface area contributed by atoms with Crippen LogP contribution in [0.25, 0.3) is 0 Å². The fraction of sp³-hybridized carbons (Fsp3) is 0.611. The van der Waals surface area contributed by atoms with Crippen LogP contribution in [0.15, 0.2) is 29.2 Å². The largest absolute Gasteiger partial charge is 0.325 e. The normalized spacial score (nSPS) is 24.3. The van der Waals surface area contributed by atoms with Crippen molar-refractivity contribution >= 4 is 33.2 Å². The van der Waals surface area contributed by atoms with Crippen LogP contribution < -0.4 is 5.32 Å². The number of benzene rings is 1. The number of hydrogen-bond acceptors (Lipinski definition) is 5. The molecule has 1 atom stereocenters. The van der Waals surface area contributed by atoms with E-state index in [0.717, 1.165) is 48.7 Å². The van der Waals surface area contributed by atoms with Crippen LogP contribution in [0, 0.1) is 5.92 Å². The number of carbonyl (C=O) groups is 1. The first-order chi connectivity index (χ1) is 12.0. The van der Waals surface area contributed by atoms with Crippen LogP contribution in [0.4, 0.5) is 5.69 Å². The second kappa shape index (κ2) is 8.10. The highest BCUT2D eigenvalue weighted by atomic mass is 32.2. The van der Waals surface area contributed by atoms with Gasteiger partial charge in [-0.25, -0.2) is 8.42 Å². The summed E-state index contributed by atoms with van der Waals surface area (Å²) in [5, 5.41) is 3.09. The average Bonchev–Trinajstić information content (AvgIpc) is 2.97. The number of para-hydroxylation sites is 1. The number of likely N-dealkylation sites (tertiary alicyclic amines) is 1. The Morgan fingerprint density at radius 1 is 1.24 bits per heavy atom. The Balaban J connectivity index is 1.54. The maximum Gasteiger partial charge on any atom is 0.227 e. The van der Waals surface area contributed by atoms with Gasteiger partial charge in [-0.2, -0.15) is 0 Å². The third kappa shape index (κ3) is 4.77. The van der Waals surface area contributed by atoms with Crippen molar-refractivity contribution in [3.63, 3.8) is 0 Å². The van der Waals surface area contributed by atoms with Gasteiger partial charge in [-0.05, 0) is 50.2 Å². The molecule has 2 saturated heterocycles. The highest BCUT2D eigenvalue weighted by Crippen LogP contribution is 2.29. The predicted octanol–water partition coefficient (Wildman–Crippen LogP) is 2.64. The molecule has 138 valence electrons. The molecule has 1 N–H and O–H groups in total. The molecular weight excluding hydrogens is 356 g/mol. The summed E-state index contributed by atoms with van der Waals surface area (Å²) in [5.74, 6) is 1.65. The minimum atomic E-state index is -2.85. The van der Waals surface area contributed by atoms with Gasteiger partial charge in [0.2, 0.25) is 5.91 Å². The summed E-state index contributed by atoms with van der Waals surface area (Å²) < 4.78 is 23.3. The molecule has 0 bridgehead atoms. The molecule has 2 fully saturated rings. The summed E-state index contributed by atoms with van der Waals surface area (Å²) in [4.78, 5) is 16.0. The molecule has 25 heavy (non-hydrogen) atoms. The van der Waals surface area contributed by atoms with Crippen molar-refractivity contribution in [1.29, 1.82) is 0 Å². The van der Waals surface area contributed by atoms with Crippen LogP contribution in [0.5, 0.6) is 0 Å². The van der Waals surface area contributed by atoms with E-state index in [9.17, 15) is 13.2 Å². The van der Waals surface area contributed by atoms with E-state index in [0.29, 0.717) is 5.75 Å². The zero-order valence-electron chi connectivity index (χ0n) is 14.6. The van der Waals surface area contributed by atoms with E-state index in [2.05, 4.69) is 17.1 Å². The molecule has 1 aromatic carbocycles. The summed E-state index contributed by atoms with van der Waals surface area (Å²) in [6, 6.07) is 8.07. The number of sulfone groups is 1. The fourth-order valence-electron chi connectivity index (χ4n) is 3.68. The number of rotatable bonds is 5. The molecule has 1 aromatic rings. The number of carbonyl (C=O) groups excluding carboxylic acids is 1. The van der Waals surface area contributed by atoms with E-state index in [1.807, 2.05) is 24.3 Å². The number of nitrogens with one attached hydrogen (secondary N) is 1. The van der Waals surface area contributed by atoms with E-state index in [1.165, 1.54) is 0 Å². The van der Waals surface area contributed by atoms with Gasteiger partial charge in [-0.1, -0.05) is 19.1 Å². The lowest BCUT2D eigenvalue weighted by Gasteiger charge is -2.35. The fourth-order valence-corrected chi connectivity index (χ4v) is 6.20. The van der Waals surface area contributed by atoms with Gasteiger partial charge < -0.3 is 5.32 Å². The Kier molecular flexibility index (Phi) is 6.07. The standard InChI is InChI=1S/C18H26N2O3S2/c1-2-24-17-6-4-3-5-16(17)19-18(21)14-7-10-20(11-8-14)15-9-12-25(22,23)13-15/h3-6,14-15H,2,7-13H2,1H3,(H,19,21). The van der Waals surface area contributed by atoms with Crippen molar-refractivity contribution in [2.75, 3.05) is 35.7 Å².